The van der Waals surface area contributed by atoms with E-state index in [-0.39, 0.29) is 5.69 Å². The zero-order valence-corrected chi connectivity index (χ0v) is 10.2. The molecule has 0 atom stereocenters. The number of nitrogens with zero attached hydrogens (tertiary/aromatic N) is 1. The molecule has 17 heavy (non-hydrogen) atoms. The minimum absolute atomic E-state index is 0.238. The molecule has 0 heterocycles. The lowest BCUT2D eigenvalue weighted by Crippen LogP contribution is -2.25. The van der Waals surface area contributed by atoms with Crippen LogP contribution in [0.15, 0.2) is 18.2 Å². The van der Waals surface area contributed by atoms with Gasteiger partial charge in [-0.25, -0.2) is 0 Å². The molecule has 2 nitrogen and oxygen atoms in total. The third-order valence-electron chi connectivity index (χ3n) is 2.69. The first kappa shape index (κ1) is 13.7. The van der Waals surface area contributed by atoms with Gasteiger partial charge in [0.25, 0.3) is 0 Å². The molecular weight excluding hydrogens is 229 g/mol. The van der Waals surface area contributed by atoms with Crippen LogP contribution < -0.4 is 10.2 Å². The summed E-state index contributed by atoms with van der Waals surface area (Å²) in [5.41, 5.74) is 0.114. The van der Waals surface area contributed by atoms with E-state index in [2.05, 4.69) is 5.32 Å². The molecule has 0 aromatic heterocycles. The fourth-order valence-electron chi connectivity index (χ4n) is 1.76. The zero-order chi connectivity index (χ0) is 13.1. The van der Waals surface area contributed by atoms with Crippen molar-refractivity contribution < 1.29 is 13.2 Å². The van der Waals surface area contributed by atoms with Crippen LogP contribution in [0.25, 0.3) is 0 Å². The van der Waals surface area contributed by atoms with E-state index in [9.17, 15) is 13.2 Å². The Bertz CT molecular complexity index is 371. The van der Waals surface area contributed by atoms with Gasteiger partial charge in [-0.2, -0.15) is 13.2 Å². The molecule has 96 valence electrons. The predicted molar refractivity (Wildman–Crippen MR) is 64.6 cm³/mol. The Morgan fingerprint density at radius 1 is 1.18 bits per heavy atom. The van der Waals surface area contributed by atoms with Crippen LogP contribution in [-0.4, -0.2) is 20.1 Å². The van der Waals surface area contributed by atoms with E-state index in [0.29, 0.717) is 18.8 Å². The van der Waals surface area contributed by atoms with Gasteiger partial charge < -0.3 is 10.2 Å². The van der Waals surface area contributed by atoms with Gasteiger partial charge in [-0.15, -0.1) is 0 Å². The van der Waals surface area contributed by atoms with E-state index in [1.807, 2.05) is 13.8 Å². The number of benzene rings is 1. The molecule has 1 rings (SSSR count). The Kier molecular flexibility index (Phi) is 4.26. The molecule has 0 unspecified atom stereocenters. The normalized spacial score (nSPS) is 11.4. The summed E-state index contributed by atoms with van der Waals surface area (Å²) in [5.74, 6) is 0. The lowest BCUT2D eigenvalue weighted by atomic mass is 10.1. The third kappa shape index (κ3) is 3.05. The van der Waals surface area contributed by atoms with Crippen molar-refractivity contribution in [2.24, 2.45) is 0 Å². The summed E-state index contributed by atoms with van der Waals surface area (Å²) in [7, 11) is 1.60. The van der Waals surface area contributed by atoms with Crippen molar-refractivity contribution in [2.45, 2.75) is 20.0 Å². The maximum atomic E-state index is 12.9. The van der Waals surface area contributed by atoms with Crippen molar-refractivity contribution in [3.63, 3.8) is 0 Å². The van der Waals surface area contributed by atoms with Crippen molar-refractivity contribution in [3.05, 3.63) is 23.8 Å². The molecule has 0 aliphatic carbocycles. The molecule has 0 saturated carbocycles. The van der Waals surface area contributed by atoms with Crippen LogP contribution in [0.1, 0.15) is 19.4 Å². The zero-order valence-electron chi connectivity index (χ0n) is 10.2. The fraction of sp³-hybridized carbons (Fsp3) is 0.500. The molecule has 5 heteroatoms. The SMILES string of the molecule is CCN(CC)c1ccc(NC)cc1C(F)(F)F. The molecule has 0 aliphatic heterocycles. The van der Waals surface area contributed by atoms with Gasteiger partial charge >= 0.3 is 6.18 Å². The molecule has 0 spiro atoms. The Morgan fingerprint density at radius 3 is 2.18 bits per heavy atom. The van der Waals surface area contributed by atoms with E-state index in [4.69, 9.17) is 0 Å². The summed E-state index contributed by atoms with van der Waals surface area (Å²) in [6.45, 7) is 4.79. The average molecular weight is 246 g/mol. The number of nitrogens with one attached hydrogen (secondary N) is 1. The third-order valence-corrected chi connectivity index (χ3v) is 2.69. The smallest absolute Gasteiger partial charge is 0.388 e. The lowest BCUT2D eigenvalue weighted by Gasteiger charge is -2.25. The van der Waals surface area contributed by atoms with Crippen LogP contribution in [0.3, 0.4) is 0 Å². The van der Waals surface area contributed by atoms with Crippen molar-refractivity contribution in [1.82, 2.24) is 0 Å². The summed E-state index contributed by atoms with van der Waals surface area (Å²) in [6.07, 6.45) is -4.33. The van der Waals surface area contributed by atoms with Crippen LogP contribution in [0.4, 0.5) is 24.5 Å². The van der Waals surface area contributed by atoms with Gasteiger partial charge in [0, 0.05) is 31.5 Å². The molecule has 0 radical (unpaired) electrons. The Labute approximate surface area is 99.4 Å². The van der Waals surface area contributed by atoms with Gasteiger partial charge in [0.2, 0.25) is 0 Å². The Balaban J connectivity index is 3.29. The molecular formula is C12H17F3N2. The first-order valence-corrected chi connectivity index (χ1v) is 5.58. The summed E-state index contributed by atoms with van der Waals surface area (Å²) in [4.78, 5) is 1.70. The Hall–Kier alpha value is -1.39. The molecule has 1 N–H and O–H groups in total. The summed E-state index contributed by atoms with van der Waals surface area (Å²) >= 11 is 0. The average Bonchev–Trinajstić information content (AvgIpc) is 2.29. The van der Waals surface area contributed by atoms with Crippen molar-refractivity contribution in [2.75, 3.05) is 30.4 Å². The topological polar surface area (TPSA) is 15.3 Å². The number of anilines is 2. The van der Waals surface area contributed by atoms with Gasteiger partial charge in [0.1, 0.15) is 0 Å². The monoisotopic (exact) mass is 246 g/mol. The minimum Gasteiger partial charge on any atom is -0.388 e. The molecule has 0 aliphatic rings. The molecule has 0 bridgehead atoms. The first-order chi connectivity index (χ1) is 7.93. The van der Waals surface area contributed by atoms with Crippen molar-refractivity contribution >= 4 is 11.4 Å². The molecule has 0 fully saturated rings. The van der Waals surface area contributed by atoms with E-state index >= 15 is 0 Å². The second kappa shape index (κ2) is 5.29. The van der Waals surface area contributed by atoms with E-state index in [1.54, 1.807) is 18.0 Å². The number of alkyl halides is 3. The van der Waals surface area contributed by atoms with Crippen molar-refractivity contribution in [1.29, 1.82) is 0 Å². The highest BCUT2D eigenvalue weighted by molar-refractivity contribution is 5.62. The van der Waals surface area contributed by atoms with Gasteiger partial charge in [-0.05, 0) is 32.0 Å². The van der Waals surface area contributed by atoms with Crippen LogP contribution in [0.5, 0.6) is 0 Å². The summed E-state index contributed by atoms with van der Waals surface area (Å²) in [5, 5.41) is 2.72. The molecule has 0 saturated heterocycles. The number of rotatable bonds is 4. The van der Waals surface area contributed by atoms with E-state index < -0.39 is 11.7 Å². The van der Waals surface area contributed by atoms with E-state index in [0.717, 1.165) is 6.07 Å². The summed E-state index contributed by atoms with van der Waals surface area (Å²) in [6, 6.07) is 4.32. The molecule has 0 amide bonds. The highest BCUT2D eigenvalue weighted by Crippen LogP contribution is 2.38. The van der Waals surface area contributed by atoms with Crippen molar-refractivity contribution in [3.8, 4) is 0 Å². The highest BCUT2D eigenvalue weighted by Gasteiger charge is 2.34. The van der Waals surface area contributed by atoms with Gasteiger partial charge in [-0.1, -0.05) is 0 Å². The van der Waals surface area contributed by atoms with Crippen LogP contribution in [0, 0.1) is 0 Å². The highest BCUT2D eigenvalue weighted by atomic mass is 19.4. The largest absolute Gasteiger partial charge is 0.418 e. The van der Waals surface area contributed by atoms with E-state index in [1.165, 1.54) is 6.07 Å². The first-order valence-electron chi connectivity index (χ1n) is 5.58. The Morgan fingerprint density at radius 2 is 1.76 bits per heavy atom. The van der Waals surface area contributed by atoms with Gasteiger partial charge in [0.05, 0.1) is 5.56 Å². The second-order valence-corrected chi connectivity index (χ2v) is 3.65. The second-order valence-electron chi connectivity index (χ2n) is 3.65. The maximum absolute atomic E-state index is 12.9. The van der Waals surface area contributed by atoms with Crippen LogP contribution >= 0.6 is 0 Å². The van der Waals surface area contributed by atoms with Crippen LogP contribution in [-0.2, 0) is 6.18 Å². The fourth-order valence-corrected chi connectivity index (χ4v) is 1.76. The lowest BCUT2D eigenvalue weighted by molar-refractivity contribution is -0.137. The molecule has 1 aromatic rings. The van der Waals surface area contributed by atoms with Crippen LogP contribution in [0.2, 0.25) is 0 Å². The van der Waals surface area contributed by atoms with Gasteiger partial charge in [-0.3, -0.25) is 0 Å². The maximum Gasteiger partial charge on any atom is 0.418 e. The predicted octanol–water partition coefficient (Wildman–Crippen LogP) is 3.59. The molecule has 1 aromatic carbocycles. The number of halogens is 3. The number of hydrogen-bond acceptors (Lipinski definition) is 2. The quantitative estimate of drug-likeness (QED) is 0.873. The van der Waals surface area contributed by atoms with Gasteiger partial charge in [0.15, 0.2) is 0 Å². The standard InChI is InChI=1S/C12H17F3N2/c1-4-17(5-2)11-7-6-9(16-3)8-10(11)12(13,14)15/h6-8,16H,4-5H2,1-3H3. The number of hydrogen-bond donors (Lipinski definition) is 1. The minimum atomic E-state index is -4.33. The summed E-state index contributed by atoms with van der Waals surface area (Å²) < 4.78 is 38.8.